The number of likely N-dealkylation sites (N-methyl/N-ethyl adjacent to an activating group) is 1. The Morgan fingerprint density at radius 3 is 1.94 bits per heavy atom. The van der Waals surface area contributed by atoms with Crippen LogP contribution in [0.4, 0.5) is 0 Å². The summed E-state index contributed by atoms with van der Waals surface area (Å²) >= 11 is 1.29. The van der Waals surface area contributed by atoms with E-state index in [1.54, 1.807) is 0 Å². The van der Waals surface area contributed by atoms with E-state index in [9.17, 15) is 0 Å². The molecule has 0 spiro atoms. The minimum atomic E-state index is 0.761. The predicted molar refractivity (Wildman–Crippen MR) is 149 cm³/mol. The zero-order valence-electron chi connectivity index (χ0n) is 22.8. The largest absolute Gasteiger partial charge is 0.475 e. The summed E-state index contributed by atoms with van der Waals surface area (Å²) in [6, 6.07) is 0. The lowest BCUT2D eigenvalue weighted by atomic mass is 10.0. The lowest BCUT2D eigenvalue weighted by Gasteiger charge is -2.37. The highest BCUT2D eigenvalue weighted by molar-refractivity contribution is 6.99. The van der Waals surface area contributed by atoms with Crippen molar-refractivity contribution in [3.05, 3.63) is 11.8 Å². The van der Waals surface area contributed by atoms with Gasteiger partial charge in [-0.15, -0.1) is 4.37 Å². The van der Waals surface area contributed by atoms with E-state index >= 15 is 0 Å². The number of ether oxygens (including phenoxy) is 1. The highest BCUT2D eigenvalue weighted by Gasteiger charge is 2.29. The van der Waals surface area contributed by atoms with Crippen LogP contribution in [0.15, 0.2) is 6.08 Å². The zero-order valence-corrected chi connectivity index (χ0v) is 23.6. The van der Waals surface area contributed by atoms with Gasteiger partial charge in [-0.3, -0.25) is 0 Å². The molecule has 0 bridgehead atoms. The molecule has 1 aliphatic rings. The Balaban J connectivity index is 1.57. The van der Waals surface area contributed by atoms with Crippen molar-refractivity contribution in [2.75, 3.05) is 33.3 Å². The van der Waals surface area contributed by atoms with Crippen molar-refractivity contribution in [1.82, 2.24) is 8.75 Å². The molecular formula is C29H54N3OS+. The summed E-state index contributed by atoms with van der Waals surface area (Å²) < 4.78 is 16.2. The average molecular weight is 493 g/mol. The first kappa shape index (κ1) is 29.3. The number of aromatic nitrogens is 2. The van der Waals surface area contributed by atoms with E-state index in [2.05, 4.69) is 35.7 Å². The van der Waals surface area contributed by atoms with Gasteiger partial charge in [0.05, 0.1) is 38.5 Å². The Kier molecular flexibility index (Phi) is 15.8. The van der Waals surface area contributed by atoms with Crippen LogP contribution in [0, 0.1) is 0 Å². The van der Waals surface area contributed by atoms with Gasteiger partial charge in [0.2, 0.25) is 0 Å². The number of quaternary nitrogens is 1. The van der Waals surface area contributed by atoms with Gasteiger partial charge in [-0.05, 0) is 19.3 Å². The summed E-state index contributed by atoms with van der Waals surface area (Å²) in [5, 5.41) is 0. The zero-order chi connectivity index (χ0) is 24.3. The first-order chi connectivity index (χ1) is 16.7. The Labute approximate surface area is 215 Å². The van der Waals surface area contributed by atoms with E-state index in [1.807, 2.05) is 0 Å². The minimum Gasteiger partial charge on any atom is -0.475 e. The van der Waals surface area contributed by atoms with Crippen molar-refractivity contribution >= 4 is 17.3 Å². The maximum atomic E-state index is 6.02. The van der Waals surface area contributed by atoms with Gasteiger partial charge in [-0.25, -0.2) is 0 Å². The third-order valence-corrected chi connectivity index (χ3v) is 7.92. The van der Waals surface area contributed by atoms with Gasteiger partial charge in [0.15, 0.2) is 0 Å². The molecule has 0 N–H and O–H groups in total. The second kappa shape index (κ2) is 18.3. The van der Waals surface area contributed by atoms with E-state index in [4.69, 9.17) is 4.74 Å². The summed E-state index contributed by atoms with van der Waals surface area (Å²) in [5.74, 6) is 0.766. The maximum Gasteiger partial charge on any atom is 0.253 e. The third kappa shape index (κ3) is 12.2. The van der Waals surface area contributed by atoms with Crippen LogP contribution in [0.1, 0.15) is 135 Å². The van der Waals surface area contributed by atoms with Gasteiger partial charge in [0.1, 0.15) is 12.2 Å². The van der Waals surface area contributed by atoms with Crippen LogP contribution in [0.2, 0.25) is 0 Å². The number of unbranched alkanes of at least 4 members (excludes halogenated alkanes) is 15. The maximum absolute atomic E-state index is 6.02. The molecule has 2 rings (SSSR count). The van der Waals surface area contributed by atoms with E-state index in [-0.39, 0.29) is 0 Å². The molecule has 0 aromatic carbocycles. The van der Waals surface area contributed by atoms with Crippen LogP contribution >= 0.6 is 11.7 Å². The molecule has 0 fully saturated rings. The molecule has 1 aliphatic heterocycles. The summed E-state index contributed by atoms with van der Waals surface area (Å²) in [6.07, 6.45) is 26.9. The SMILES string of the molecule is CCCCCCCCCCCCCCC[N+]1(C)CCC=C(c2nsnc2OCCCCCC)C1. The number of rotatable bonds is 21. The van der Waals surface area contributed by atoms with Crippen molar-refractivity contribution in [3.63, 3.8) is 0 Å². The van der Waals surface area contributed by atoms with E-state index in [0.29, 0.717) is 0 Å². The van der Waals surface area contributed by atoms with Gasteiger partial charge in [0, 0.05) is 12.0 Å². The highest BCUT2D eigenvalue weighted by Crippen LogP contribution is 2.30. The number of hydrogen-bond donors (Lipinski definition) is 0. The molecule has 1 aromatic rings. The fourth-order valence-electron chi connectivity index (χ4n) is 5.15. The number of nitrogens with zero attached hydrogens (tertiary/aromatic N) is 3. The van der Waals surface area contributed by atoms with Crippen LogP contribution in [-0.2, 0) is 0 Å². The summed E-state index contributed by atoms with van der Waals surface area (Å²) in [6.45, 7) is 8.89. The second-order valence-corrected chi connectivity index (χ2v) is 11.3. The van der Waals surface area contributed by atoms with Crippen molar-refractivity contribution in [3.8, 4) is 5.88 Å². The molecule has 0 aliphatic carbocycles. The smallest absolute Gasteiger partial charge is 0.253 e. The van der Waals surface area contributed by atoms with E-state index < -0.39 is 0 Å². The summed E-state index contributed by atoms with van der Waals surface area (Å²) in [7, 11) is 2.43. The first-order valence-electron chi connectivity index (χ1n) is 14.7. The van der Waals surface area contributed by atoms with Gasteiger partial charge >= 0.3 is 0 Å². The normalized spacial score (nSPS) is 18.3. The van der Waals surface area contributed by atoms with Gasteiger partial charge in [-0.1, -0.05) is 110 Å². The average Bonchev–Trinajstić information content (AvgIpc) is 3.30. The molecule has 1 atom stereocenters. The van der Waals surface area contributed by atoms with Crippen molar-refractivity contribution < 1.29 is 9.22 Å². The van der Waals surface area contributed by atoms with Crippen LogP contribution < -0.4 is 4.74 Å². The molecule has 1 aromatic heterocycles. The molecule has 5 heteroatoms. The summed E-state index contributed by atoms with van der Waals surface area (Å²) in [4.78, 5) is 0. The quantitative estimate of drug-likeness (QED) is 0.127. The molecule has 0 saturated heterocycles. The van der Waals surface area contributed by atoms with Crippen LogP contribution in [0.3, 0.4) is 0 Å². The topological polar surface area (TPSA) is 35.0 Å². The molecule has 0 saturated carbocycles. The number of hydrogen-bond acceptors (Lipinski definition) is 4. The summed E-state index contributed by atoms with van der Waals surface area (Å²) in [5.41, 5.74) is 2.36. The molecule has 2 heterocycles. The predicted octanol–water partition coefficient (Wildman–Crippen LogP) is 8.82. The molecular weight excluding hydrogens is 438 g/mol. The lowest BCUT2D eigenvalue weighted by molar-refractivity contribution is -0.903. The molecule has 196 valence electrons. The first-order valence-corrected chi connectivity index (χ1v) is 15.4. The molecule has 0 radical (unpaired) electrons. The van der Waals surface area contributed by atoms with Gasteiger partial charge < -0.3 is 9.22 Å². The van der Waals surface area contributed by atoms with E-state index in [0.717, 1.165) is 42.1 Å². The monoisotopic (exact) mass is 492 g/mol. The highest BCUT2D eigenvalue weighted by atomic mass is 32.1. The molecule has 1 unspecified atom stereocenters. The van der Waals surface area contributed by atoms with Crippen LogP contribution in [-0.4, -0.2) is 46.5 Å². The second-order valence-electron chi connectivity index (χ2n) is 10.8. The van der Waals surface area contributed by atoms with E-state index in [1.165, 1.54) is 133 Å². The molecule has 34 heavy (non-hydrogen) atoms. The Morgan fingerprint density at radius 2 is 1.32 bits per heavy atom. The Morgan fingerprint density at radius 1 is 0.765 bits per heavy atom. The standard InChI is InChI=1S/C29H54N3OS/c1-4-6-8-10-11-12-13-14-15-16-17-18-19-23-32(3)24-21-22-27(26-32)28-29(31-34-30-28)33-25-20-9-7-5-2/h22H,4-21,23-26H2,1-3H3/q+1. The lowest BCUT2D eigenvalue weighted by Crippen LogP contribution is -2.48. The molecule has 4 nitrogen and oxygen atoms in total. The molecule has 0 amide bonds. The fraction of sp³-hybridized carbons (Fsp3) is 0.862. The van der Waals surface area contributed by atoms with Crippen molar-refractivity contribution in [2.24, 2.45) is 0 Å². The van der Waals surface area contributed by atoms with Crippen molar-refractivity contribution in [2.45, 2.75) is 129 Å². The Hall–Kier alpha value is -0.940. The van der Waals surface area contributed by atoms with Crippen LogP contribution in [0.25, 0.3) is 5.57 Å². The van der Waals surface area contributed by atoms with Crippen LogP contribution in [0.5, 0.6) is 5.88 Å². The Bertz CT molecular complexity index is 660. The minimum absolute atomic E-state index is 0.761. The van der Waals surface area contributed by atoms with Gasteiger partial charge in [0.25, 0.3) is 5.88 Å². The van der Waals surface area contributed by atoms with Gasteiger partial charge in [-0.2, -0.15) is 4.37 Å². The fourth-order valence-corrected chi connectivity index (χ4v) is 5.68. The van der Waals surface area contributed by atoms with Crippen molar-refractivity contribution in [1.29, 1.82) is 0 Å². The third-order valence-electron chi connectivity index (χ3n) is 7.41.